The third-order valence-corrected chi connectivity index (χ3v) is 7.36. The third kappa shape index (κ3) is 10.2. The second-order valence-electron chi connectivity index (χ2n) is 14.0. The molecule has 0 aromatic carbocycles. The number of hydrogen-bond acceptors (Lipinski definition) is 8. The van der Waals surface area contributed by atoms with Crippen molar-refractivity contribution in [1.82, 2.24) is 4.90 Å². The van der Waals surface area contributed by atoms with Crippen molar-refractivity contribution in [1.29, 1.82) is 0 Å². The van der Waals surface area contributed by atoms with Crippen LogP contribution in [0.15, 0.2) is 32.6 Å². The maximum absolute atomic E-state index is 12.9. The van der Waals surface area contributed by atoms with Crippen LogP contribution < -0.4 is 5.73 Å². The zero-order chi connectivity index (χ0) is 31.1. The number of aliphatic hydroxyl groups is 2. The summed E-state index contributed by atoms with van der Waals surface area (Å²) in [4.78, 5) is 49.6. The predicted molar refractivity (Wildman–Crippen MR) is 165 cm³/mol. The Morgan fingerprint density at radius 2 is 1.15 bits per heavy atom. The highest BCUT2D eigenvalue weighted by molar-refractivity contribution is 6.24. The van der Waals surface area contributed by atoms with Crippen LogP contribution >= 0.6 is 0 Å². The molecular weight excluding hydrogens is 520 g/mol. The number of carbonyl (C=O) groups is 3. The molecule has 0 radical (unpaired) electrons. The molecule has 0 saturated heterocycles. The van der Waals surface area contributed by atoms with Gasteiger partial charge in [-0.25, -0.2) is 0 Å². The van der Waals surface area contributed by atoms with E-state index in [1.165, 1.54) is 0 Å². The van der Waals surface area contributed by atoms with E-state index in [0.717, 1.165) is 0 Å². The van der Waals surface area contributed by atoms with Crippen molar-refractivity contribution >= 4 is 28.9 Å². The highest BCUT2D eigenvalue weighted by Crippen LogP contribution is 2.38. The van der Waals surface area contributed by atoms with Gasteiger partial charge in [-0.1, -0.05) is 55.4 Å². The van der Waals surface area contributed by atoms with Gasteiger partial charge in [-0.2, -0.15) is 0 Å². The van der Waals surface area contributed by atoms with Crippen LogP contribution in [0.5, 0.6) is 0 Å². The second kappa shape index (κ2) is 14.4. The molecule has 0 bridgehead atoms. The van der Waals surface area contributed by atoms with Crippen LogP contribution in [0.25, 0.3) is 0 Å². The molecule has 41 heavy (non-hydrogen) atoms. The average molecular weight is 573 g/mol. The van der Waals surface area contributed by atoms with Gasteiger partial charge in [-0.05, 0) is 35.5 Å². The van der Waals surface area contributed by atoms with Gasteiger partial charge < -0.3 is 20.8 Å². The van der Waals surface area contributed by atoms with Crippen LogP contribution in [-0.2, 0) is 14.4 Å². The van der Waals surface area contributed by atoms with Crippen LogP contribution in [0.4, 0.5) is 0 Å². The van der Waals surface area contributed by atoms with Gasteiger partial charge in [-0.3, -0.25) is 24.4 Å². The van der Waals surface area contributed by atoms with Gasteiger partial charge in [0.25, 0.3) is 0 Å². The summed E-state index contributed by atoms with van der Waals surface area (Å²) in [7, 11) is 0. The van der Waals surface area contributed by atoms with Gasteiger partial charge in [0.2, 0.25) is 5.91 Å². The highest BCUT2D eigenvalue weighted by atomic mass is 16.3. The molecule has 9 nitrogen and oxygen atoms in total. The van der Waals surface area contributed by atoms with Gasteiger partial charge >= 0.3 is 0 Å². The molecule has 9 heteroatoms. The molecule has 4 N–H and O–H groups in total. The Bertz CT molecular complexity index is 1040. The zero-order valence-electron chi connectivity index (χ0n) is 26.5. The maximum atomic E-state index is 12.9. The summed E-state index contributed by atoms with van der Waals surface area (Å²) < 4.78 is 0. The van der Waals surface area contributed by atoms with Crippen molar-refractivity contribution in [2.24, 2.45) is 38.4 Å². The number of carbonyl (C=O) groups excluding carboxylic acids is 3. The molecule has 2 aliphatic rings. The van der Waals surface area contributed by atoms with Crippen molar-refractivity contribution in [3.05, 3.63) is 22.7 Å². The van der Waals surface area contributed by atoms with Gasteiger partial charge in [0.05, 0.1) is 30.8 Å². The molecule has 0 atom stereocenters. The summed E-state index contributed by atoms with van der Waals surface area (Å²) in [6.07, 6.45) is 2.64. The SMILES string of the molecule is CC(C)CC(=NCCN(CCN=C(CC(C)C)C1=C(O)CC(C)(C)CC1=O)C(=O)CN)C1=C(O)CC(C)(C)CC1=O. The molecule has 2 aliphatic carbocycles. The lowest BCUT2D eigenvalue weighted by molar-refractivity contribution is -0.129. The summed E-state index contributed by atoms with van der Waals surface area (Å²) >= 11 is 0. The van der Waals surface area contributed by atoms with Gasteiger partial charge in [0.1, 0.15) is 11.5 Å². The van der Waals surface area contributed by atoms with E-state index in [4.69, 9.17) is 15.7 Å². The molecule has 0 aromatic heterocycles. The van der Waals surface area contributed by atoms with Gasteiger partial charge in [-0.15, -0.1) is 0 Å². The lowest BCUT2D eigenvalue weighted by Crippen LogP contribution is -2.39. The minimum atomic E-state index is -0.293. The van der Waals surface area contributed by atoms with E-state index in [1.54, 1.807) is 4.90 Å². The number of aliphatic hydroxyl groups excluding tert-OH is 2. The molecule has 0 aromatic rings. The van der Waals surface area contributed by atoms with E-state index in [1.807, 2.05) is 55.4 Å². The van der Waals surface area contributed by atoms with Crippen molar-refractivity contribution in [2.75, 3.05) is 32.7 Å². The van der Waals surface area contributed by atoms with Crippen molar-refractivity contribution in [2.45, 2.75) is 93.9 Å². The number of nitrogens with two attached hydrogens (primary N) is 1. The number of Topliss-reactive ketones (excluding diaryl/α,β-unsaturated/α-hetero) is 2. The first kappa shape index (κ1) is 34.4. The first-order valence-electron chi connectivity index (χ1n) is 14.9. The number of rotatable bonds is 13. The smallest absolute Gasteiger partial charge is 0.236 e. The Kier molecular flexibility index (Phi) is 12.1. The van der Waals surface area contributed by atoms with Crippen LogP contribution in [0.2, 0.25) is 0 Å². The summed E-state index contributed by atoms with van der Waals surface area (Å²) in [6.45, 7) is 16.9. The Labute approximate surface area is 246 Å². The number of hydrogen-bond donors (Lipinski definition) is 3. The molecule has 2 rings (SSSR count). The van der Waals surface area contributed by atoms with E-state index < -0.39 is 0 Å². The number of allylic oxidation sites excluding steroid dienone is 4. The largest absolute Gasteiger partial charge is 0.511 e. The van der Waals surface area contributed by atoms with E-state index in [0.29, 0.717) is 61.1 Å². The van der Waals surface area contributed by atoms with Crippen LogP contribution in [0.3, 0.4) is 0 Å². The first-order chi connectivity index (χ1) is 19.0. The summed E-state index contributed by atoms with van der Waals surface area (Å²) in [5.74, 6) is 0.187. The fourth-order valence-electron chi connectivity index (χ4n) is 5.60. The lowest BCUT2D eigenvalue weighted by Gasteiger charge is -2.30. The predicted octanol–water partition coefficient (Wildman–Crippen LogP) is 5.15. The molecule has 0 saturated carbocycles. The third-order valence-electron chi connectivity index (χ3n) is 7.36. The highest BCUT2D eigenvalue weighted by Gasteiger charge is 2.36. The van der Waals surface area contributed by atoms with Crippen molar-refractivity contribution in [3.63, 3.8) is 0 Å². The molecule has 0 heterocycles. The Morgan fingerprint density at radius 1 is 0.780 bits per heavy atom. The first-order valence-corrected chi connectivity index (χ1v) is 14.9. The standard InChI is InChI=1S/C32H52N4O5/c1-20(2)13-22(29-24(37)15-31(5,6)16-25(29)38)34-9-11-36(28(41)19-33)12-10-35-23(14-21(3)4)30-26(39)17-32(7,8)18-27(30)40/h20-21,37,39H,9-19,33H2,1-8H3. The minimum absolute atomic E-state index is 0.0887. The van der Waals surface area contributed by atoms with Crippen molar-refractivity contribution in [3.8, 4) is 0 Å². The minimum Gasteiger partial charge on any atom is -0.511 e. The number of nitrogens with zero attached hydrogens (tertiary/aromatic N) is 3. The molecule has 230 valence electrons. The number of amides is 1. The Balaban J connectivity index is 2.24. The number of ketones is 2. The molecule has 0 unspecified atom stereocenters. The second-order valence-corrected chi connectivity index (χ2v) is 14.0. The van der Waals surface area contributed by atoms with E-state index >= 15 is 0 Å². The normalized spacial score (nSPS) is 20.0. The summed E-state index contributed by atoms with van der Waals surface area (Å²) in [6, 6.07) is 0. The van der Waals surface area contributed by atoms with Crippen molar-refractivity contribution < 1.29 is 24.6 Å². The summed E-state index contributed by atoms with van der Waals surface area (Å²) in [5.41, 5.74) is 6.92. The Hall–Kier alpha value is -2.81. The molecule has 1 amide bonds. The quantitative estimate of drug-likeness (QED) is 0.260. The zero-order valence-corrected chi connectivity index (χ0v) is 26.5. The van der Waals surface area contributed by atoms with E-state index in [-0.39, 0.29) is 84.4 Å². The lowest BCUT2D eigenvalue weighted by atomic mass is 9.75. The van der Waals surface area contributed by atoms with E-state index in [2.05, 4.69) is 0 Å². The molecule has 0 fully saturated rings. The van der Waals surface area contributed by atoms with E-state index in [9.17, 15) is 24.6 Å². The molecule has 0 aliphatic heterocycles. The number of aliphatic imine (C=N–C) groups is 2. The van der Waals surface area contributed by atoms with Crippen LogP contribution in [-0.4, -0.2) is 76.7 Å². The van der Waals surface area contributed by atoms with Gasteiger partial charge in [0.15, 0.2) is 11.6 Å². The Morgan fingerprint density at radius 3 is 1.44 bits per heavy atom. The van der Waals surface area contributed by atoms with Gasteiger partial charge in [0, 0.05) is 50.2 Å². The monoisotopic (exact) mass is 572 g/mol. The maximum Gasteiger partial charge on any atom is 0.236 e. The fourth-order valence-corrected chi connectivity index (χ4v) is 5.60. The fraction of sp³-hybridized carbons (Fsp3) is 0.719. The topological polar surface area (TPSA) is 146 Å². The summed E-state index contributed by atoms with van der Waals surface area (Å²) in [5, 5.41) is 21.5. The van der Waals surface area contributed by atoms with Crippen LogP contribution in [0, 0.1) is 22.7 Å². The molecule has 0 spiro atoms. The van der Waals surface area contributed by atoms with Crippen LogP contribution in [0.1, 0.15) is 93.9 Å². The average Bonchev–Trinajstić information content (AvgIpc) is 2.78. The molecular formula is C32H52N4O5.